The summed E-state index contributed by atoms with van der Waals surface area (Å²) in [5, 5.41) is 13.2. The summed E-state index contributed by atoms with van der Waals surface area (Å²) in [7, 11) is 0. The van der Waals surface area contributed by atoms with E-state index >= 15 is 0 Å². The minimum Gasteiger partial charge on any atom is -0.396 e. The molecule has 0 aromatic carbocycles. The molecule has 0 saturated heterocycles. The third-order valence-corrected chi connectivity index (χ3v) is 2.29. The molecule has 1 rings (SSSR count). The first-order valence-corrected chi connectivity index (χ1v) is 4.58. The molecule has 4 nitrogen and oxygen atoms in total. The van der Waals surface area contributed by atoms with E-state index in [1.54, 1.807) is 4.68 Å². The van der Waals surface area contributed by atoms with Crippen molar-refractivity contribution in [1.82, 2.24) is 9.78 Å². The van der Waals surface area contributed by atoms with Gasteiger partial charge in [-0.05, 0) is 27.7 Å². The molecule has 0 spiro atoms. The topological polar surface area (TPSA) is 67.6 Å². The van der Waals surface area contributed by atoms with Crippen LogP contribution in [0.4, 0.5) is 5.69 Å². The fourth-order valence-corrected chi connectivity index (χ4v) is 1.27. The first-order chi connectivity index (χ1) is 6.37. The van der Waals surface area contributed by atoms with Gasteiger partial charge in [-0.3, -0.25) is 4.68 Å². The van der Waals surface area contributed by atoms with Crippen molar-refractivity contribution in [2.75, 3.05) is 5.73 Å². The number of nitrogens with zero attached hydrogens (tertiary/aromatic N) is 3. The SMILES string of the molecule is Cc1nn(CC(C)(C)C#N)c(C)c1N. The van der Waals surface area contributed by atoms with Crippen LogP contribution in [0.2, 0.25) is 0 Å². The Hall–Kier alpha value is -1.50. The fraction of sp³-hybridized carbons (Fsp3) is 0.600. The highest BCUT2D eigenvalue weighted by Gasteiger charge is 2.20. The van der Waals surface area contributed by atoms with Gasteiger partial charge in [0.25, 0.3) is 0 Å². The van der Waals surface area contributed by atoms with Crippen LogP contribution in [0.5, 0.6) is 0 Å². The predicted molar refractivity (Wildman–Crippen MR) is 55.5 cm³/mol. The Bertz CT molecular complexity index is 382. The number of aryl methyl sites for hydroxylation is 1. The summed E-state index contributed by atoms with van der Waals surface area (Å²) < 4.78 is 1.80. The first-order valence-electron chi connectivity index (χ1n) is 4.58. The molecule has 0 amide bonds. The predicted octanol–water partition coefficient (Wildman–Crippen LogP) is 1.63. The quantitative estimate of drug-likeness (QED) is 0.774. The highest BCUT2D eigenvalue weighted by Crippen LogP contribution is 2.21. The molecule has 0 aliphatic carbocycles. The fourth-order valence-electron chi connectivity index (χ4n) is 1.27. The van der Waals surface area contributed by atoms with Crippen LogP contribution >= 0.6 is 0 Å². The second-order valence-corrected chi connectivity index (χ2v) is 4.24. The normalized spacial score (nSPS) is 11.4. The minimum absolute atomic E-state index is 0.407. The van der Waals surface area contributed by atoms with Crippen LogP contribution in [-0.4, -0.2) is 9.78 Å². The minimum atomic E-state index is -0.407. The zero-order valence-corrected chi connectivity index (χ0v) is 9.13. The van der Waals surface area contributed by atoms with E-state index in [4.69, 9.17) is 11.0 Å². The zero-order chi connectivity index (χ0) is 10.9. The molecule has 1 heterocycles. The van der Waals surface area contributed by atoms with Crippen LogP contribution in [0.1, 0.15) is 25.2 Å². The second-order valence-electron chi connectivity index (χ2n) is 4.24. The van der Waals surface area contributed by atoms with E-state index in [1.807, 2.05) is 27.7 Å². The Kier molecular flexibility index (Phi) is 2.52. The number of anilines is 1. The summed E-state index contributed by atoms with van der Waals surface area (Å²) in [4.78, 5) is 0. The highest BCUT2D eigenvalue weighted by atomic mass is 15.3. The Morgan fingerprint density at radius 1 is 1.50 bits per heavy atom. The van der Waals surface area contributed by atoms with Crippen molar-refractivity contribution in [1.29, 1.82) is 5.26 Å². The van der Waals surface area contributed by atoms with Gasteiger partial charge in [-0.1, -0.05) is 0 Å². The van der Waals surface area contributed by atoms with Gasteiger partial charge in [-0.25, -0.2) is 0 Å². The molecule has 0 unspecified atom stereocenters. The summed E-state index contributed by atoms with van der Waals surface area (Å²) in [5.74, 6) is 0. The number of aromatic nitrogens is 2. The van der Waals surface area contributed by atoms with E-state index < -0.39 is 5.41 Å². The van der Waals surface area contributed by atoms with Crippen molar-refractivity contribution in [2.45, 2.75) is 34.2 Å². The van der Waals surface area contributed by atoms with Gasteiger partial charge in [0.2, 0.25) is 0 Å². The van der Waals surface area contributed by atoms with E-state index in [0.29, 0.717) is 6.54 Å². The van der Waals surface area contributed by atoms with Crippen molar-refractivity contribution in [3.63, 3.8) is 0 Å². The summed E-state index contributed by atoms with van der Waals surface area (Å²) in [5.41, 5.74) is 7.88. The first kappa shape index (κ1) is 10.6. The van der Waals surface area contributed by atoms with Gasteiger partial charge in [0, 0.05) is 0 Å². The van der Waals surface area contributed by atoms with Gasteiger partial charge in [0.1, 0.15) is 0 Å². The van der Waals surface area contributed by atoms with Crippen LogP contribution in [0.15, 0.2) is 0 Å². The maximum absolute atomic E-state index is 8.90. The van der Waals surface area contributed by atoms with Gasteiger partial charge in [0.05, 0.1) is 35.1 Å². The Balaban J connectivity index is 3.00. The molecule has 0 atom stereocenters. The largest absolute Gasteiger partial charge is 0.396 e. The average molecular weight is 192 g/mol. The average Bonchev–Trinajstić information content (AvgIpc) is 2.33. The molecule has 0 aliphatic rings. The molecular formula is C10H16N4. The monoisotopic (exact) mass is 192 g/mol. The van der Waals surface area contributed by atoms with Crippen LogP contribution in [0.25, 0.3) is 0 Å². The molecule has 0 fully saturated rings. The lowest BCUT2D eigenvalue weighted by Crippen LogP contribution is -2.19. The molecule has 0 radical (unpaired) electrons. The molecule has 2 N–H and O–H groups in total. The van der Waals surface area contributed by atoms with Crippen LogP contribution in [-0.2, 0) is 6.54 Å². The van der Waals surface area contributed by atoms with Gasteiger partial charge in [0.15, 0.2) is 0 Å². The number of hydrogen-bond acceptors (Lipinski definition) is 3. The lowest BCUT2D eigenvalue weighted by atomic mass is 9.96. The lowest BCUT2D eigenvalue weighted by Gasteiger charge is -2.15. The number of hydrogen-bond donors (Lipinski definition) is 1. The smallest absolute Gasteiger partial charge is 0.0825 e. The molecule has 1 aromatic rings. The molecule has 14 heavy (non-hydrogen) atoms. The van der Waals surface area contributed by atoms with Crippen LogP contribution < -0.4 is 5.73 Å². The van der Waals surface area contributed by atoms with Crippen molar-refractivity contribution in [3.05, 3.63) is 11.4 Å². The van der Waals surface area contributed by atoms with Crippen molar-refractivity contribution < 1.29 is 0 Å². The van der Waals surface area contributed by atoms with Gasteiger partial charge < -0.3 is 5.73 Å². The summed E-state index contributed by atoms with van der Waals surface area (Å²) >= 11 is 0. The van der Waals surface area contributed by atoms with Crippen molar-refractivity contribution in [3.8, 4) is 6.07 Å². The Morgan fingerprint density at radius 2 is 2.07 bits per heavy atom. The standard InChI is InChI=1S/C10H16N4/c1-7-9(12)8(2)14(13-7)6-10(3,4)5-11/h6,12H2,1-4H3. The van der Waals surface area contributed by atoms with Gasteiger partial charge in [-0.15, -0.1) is 0 Å². The van der Waals surface area contributed by atoms with Gasteiger partial charge in [-0.2, -0.15) is 10.4 Å². The van der Waals surface area contributed by atoms with E-state index in [0.717, 1.165) is 17.1 Å². The van der Waals surface area contributed by atoms with E-state index in [9.17, 15) is 0 Å². The van der Waals surface area contributed by atoms with Crippen molar-refractivity contribution in [2.24, 2.45) is 5.41 Å². The summed E-state index contributed by atoms with van der Waals surface area (Å²) in [6.07, 6.45) is 0. The highest BCUT2D eigenvalue weighted by molar-refractivity contribution is 5.46. The Morgan fingerprint density at radius 3 is 2.43 bits per heavy atom. The number of rotatable bonds is 2. The molecular weight excluding hydrogens is 176 g/mol. The summed E-state index contributed by atoms with van der Waals surface area (Å²) in [6, 6.07) is 2.24. The lowest BCUT2D eigenvalue weighted by molar-refractivity contribution is 0.379. The third kappa shape index (κ3) is 1.87. The molecule has 76 valence electrons. The van der Waals surface area contributed by atoms with Crippen molar-refractivity contribution >= 4 is 5.69 Å². The Labute approximate surface area is 84.3 Å². The number of nitrogen functional groups attached to an aromatic ring is 1. The molecule has 4 heteroatoms. The molecule has 0 saturated carbocycles. The molecule has 1 aromatic heterocycles. The van der Waals surface area contributed by atoms with Crippen LogP contribution in [0, 0.1) is 30.6 Å². The van der Waals surface area contributed by atoms with E-state index in [2.05, 4.69) is 11.2 Å². The van der Waals surface area contributed by atoms with Crippen LogP contribution in [0.3, 0.4) is 0 Å². The molecule has 0 aliphatic heterocycles. The zero-order valence-electron chi connectivity index (χ0n) is 9.13. The van der Waals surface area contributed by atoms with E-state index in [-0.39, 0.29) is 0 Å². The van der Waals surface area contributed by atoms with Gasteiger partial charge >= 0.3 is 0 Å². The summed E-state index contributed by atoms with van der Waals surface area (Å²) in [6.45, 7) is 8.15. The maximum Gasteiger partial charge on any atom is 0.0825 e. The molecule has 0 bridgehead atoms. The second kappa shape index (κ2) is 3.33. The third-order valence-electron chi connectivity index (χ3n) is 2.29. The van der Waals surface area contributed by atoms with E-state index in [1.165, 1.54) is 0 Å². The number of nitriles is 1. The maximum atomic E-state index is 8.90. The number of nitrogens with two attached hydrogens (primary N) is 1.